The molecule has 94 valence electrons. The molecular formula is C11H17N3O2S. The van der Waals surface area contributed by atoms with Crippen LogP contribution in [0.15, 0.2) is 29.2 Å². The fourth-order valence-corrected chi connectivity index (χ4v) is 2.93. The van der Waals surface area contributed by atoms with Gasteiger partial charge in [0.2, 0.25) is 10.0 Å². The van der Waals surface area contributed by atoms with Crippen LogP contribution < -0.4 is 16.0 Å². The van der Waals surface area contributed by atoms with Crippen molar-refractivity contribution >= 4 is 15.7 Å². The van der Waals surface area contributed by atoms with Crippen LogP contribution >= 0.6 is 0 Å². The first-order chi connectivity index (χ1) is 7.97. The molecule has 1 fully saturated rings. The molecule has 6 heteroatoms. The Morgan fingerprint density at radius 1 is 1.35 bits per heavy atom. The van der Waals surface area contributed by atoms with Gasteiger partial charge in [-0.2, -0.15) is 0 Å². The van der Waals surface area contributed by atoms with Crippen LogP contribution in [0.1, 0.15) is 19.8 Å². The fraction of sp³-hybridized carbons (Fsp3) is 0.455. The Balaban J connectivity index is 2.18. The summed E-state index contributed by atoms with van der Waals surface area (Å²) in [6.07, 6.45) is 2.15. The molecule has 0 amide bonds. The number of para-hydroxylation sites is 1. The van der Waals surface area contributed by atoms with Crippen LogP contribution in [-0.2, 0) is 10.0 Å². The van der Waals surface area contributed by atoms with E-state index in [9.17, 15) is 8.42 Å². The smallest absolute Gasteiger partial charge is 0.242 e. The molecule has 0 heterocycles. The third-order valence-electron chi connectivity index (χ3n) is 3.12. The number of anilines is 1. The van der Waals surface area contributed by atoms with Crippen molar-refractivity contribution in [3.05, 3.63) is 24.3 Å². The topological polar surface area (TPSA) is 84.2 Å². The van der Waals surface area contributed by atoms with E-state index in [0.717, 1.165) is 12.8 Å². The predicted molar refractivity (Wildman–Crippen MR) is 66.8 cm³/mol. The Bertz CT molecular complexity index is 509. The molecular weight excluding hydrogens is 238 g/mol. The lowest BCUT2D eigenvalue weighted by Crippen LogP contribution is -2.30. The van der Waals surface area contributed by atoms with Gasteiger partial charge in [-0.1, -0.05) is 19.1 Å². The zero-order valence-corrected chi connectivity index (χ0v) is 10.5. The van der Waals surface area contributed by atoms with E-state index < -0.39 is 10.0 Å². The normalized spacial score (nSPS) is 17.8. The number of hydrogen-bond acceptors (Lipinski definition) is 4. The predicted octanol–water partition coefficient (Wildman–Crippen LogP) is 1.05. The van der Waals surface area contributed by atoms with Crippen molar-refractivity contribution in [3.8, 4) is 0 Å². The zero-order valence-electron chi connectivity index (χ0n) is 9.73. The Kier molecular flexibility index (Phi) is 3.11. The number of nitrogens with one attached hydrogen (secondary N) is 2. The summed E-state index contributed by atoms with van der Waals surface area (Å²) in [5.41, 5.74) is 2.94. The van der Waals surface area contributed by atoms with Crippen LogP contribution in [-0.4, -0.2) is 15.0 Å². The van der Waals surface area contributed by atoms with Crippen LogP contribution in [0.25, 0.3) is 0 Å². The molecule has 1 aromatic carbocycles. The van der Waals surface area contributed by atoms with Crippen molar-refractivity contribution in [2.75, 3.05) is 12.0 Å². The molecule has 2 rings (SSSR count). The van der Waals surface area contributed by atoms with E-state index in [-0.39, 0.29) is 10.3 Å². The minimum Gasteiger partial charge on any atom is -0.323 e. The first kappa shape index (κ1) is 12.3. The first-order valence-electron chi connectivity index (χ1n) is 5.52. The lowest BCUT2D eigenvalue weighted by molar-refractivity contribution is 0.530. The Morgan fingerprint density at radius 2 is 2.00 bits per heavy atom. The van der Waals surface area contributed by atoms with E-state index in [1.807, 2.05) is 0 Å². The number of benzene rings is 1. The molecule has 0 aliphatic heterocycles. The van der Waals surface area contributed by atoms with Crippen molar-refractivity contribution in [1.82, 2.24) is 4.72 Å². The largest absolute Gasteiger partial charge is 0.323 e. The highest BCUT2D eigenvalue weighted by molar-refractivity contribution is 7.89. The molecule has 0 bridgehead atoms. The van der Waals surface area contributed by atoms with Gasteiger partial charge in [0.1, 0.15) is 4.90 Å². The average Bonchev–Trinajstić information content (AvgIpc) is 3.06. The second kappa shape index (κ2) is 4.29. The van der Waals surface area contributed by atoms with Gasteiger partial charge in [0.25, 0.3) is 0 Å². The van der Waals surface area contributed by atoms with Gasteiger partial charge >= 0.3 is 0 Å². The molecule has 1 saturated carbocycles. The van der Waals surface area contributed by atoms with E-state index >= 15 is 0 Å². The van der Waals surface area contributed by atoms with Crippen molar-refractivity contribution in [2.24, 2.45) is 11.3 Å². The molecule has 0 unspecified atom stereocenters. The Hall–Kier alpha value is -1.11. The van der Waals surface area contributed by atoms with Crippen molar-refractivity contribution in [1.29, 1.82) is 0 Å². The number of nitrogen functional groups attached to an aromatic ring is 1. The maximum atomic E-state index is 12.1. The fourth-order valence-electron chi connectivity index (χ4n) is 1.56. The molecule has 1 aromatic rings. The molecule has 4 N–H and O–H groups in total. The van der Waals surface area contributed by atoms with Crippen LogP contribution in [0.2, 0.25) is 0 Å². The highest BCUT2D eigenvalue weighted by atomic mass is 32.2. The minimum absolute atomic E-state index is 0.137. The zero-order chi connectivity index (χ0) is 12.5. The monoisotopic (exact) mass is 255 g/mol. The molecule has 1 aliphatic carbocycles. The van der Waals surface area contributed by atoms with Crippen molar-refractivity contribution in [3.63, 3.8) is 0 Å². The van der Waals surface area contributed by atoms with Crippen LogP contribution in [0.5, 0.6) is 0 Å². The summed E-state index contributed by atoms with van der Waals surface area (Å²) in [5, 5.41) is 0. The van der Waals surface area contributed by atoms with Crippen LogP contribution in [0.4, 0.5) is 5.69 Å². The molecule has 17 heavy (non-hydrogen) atoms. The summed E-state index contributed by atoms with van der Waals surface area (Å²) in [7, 11) is -3.49. The van der Waals surface area contributed by atoms with E-state index in [0.29, 0.717) is 12.2 Å². The van der Waals surface area contributed by atoms with Gasteiger partial charge in [0, 0.05) is 6.54 Å². The minimum atomic E-state index is -3.49. The van der Waals surface area contributed by atoms with Gasteiger partial charge in [0.05, 0.1) is 5.69 Å². The SMILES string of the molecule is CC1(CNS(=O)(=O)c2ccccc2NN)CC1. The number of rotatable bonds is 5. The second-order valence-electron chi connectivity index (χ2n) is 4.78. The average molecular weight is 255 g/mol. The summed E-state index contributed by atoms with van der Waals surface area (Å²) >= 11 is 0. The number of hydrogen-bond donors (Lipinski definition) is 3. The second-order valence-corrected chi connectivity index (χ2v) is 6.51. The third kappa shape index (κ3) is 2.77. The molecule has 0 atom stereocenters. The van der Waals surface area contributed by atoms with E-state index in [4.69, 9.17) is 5.84 Å². The summed E-state index contributed by atoms with van der Waals surface area (Å²) in [5.74, 6) is 5.30. The van der Waals surface area contributed by atoms with Gasteiger partial charge < -0.3 is 5.43 Å². The van der Waals surface area contributed by atoms with Crippen molar-refractivity contribution < 1.29 is 8.42 Å². The maximum absolute atomic E-state index is 12.1. The lowest BCUT2D eigenvalue weighted by Gasteiger charge is -2.13. The lowest BCUT2D eigenvalue weighted by atomic mass is 10.2. The summed E-state index contributed by atoms with van der Waals surface area (Å²) < 4.78 is 26.8. The van der Waals surface area contributed by atoms with Gasteiger partial charge in [0.15, 0.2) is 0 Å². The summed E-state index contributed by atoms with van der Waals surface area (Å²) in [6, 6.07) is 6.57. The molecule has 0 aromatic heterocycles. The van der Waals surface area contributed by atoms with Crippen LogP contribution in [0, 0.1) is 5.41 Å². The van der Waals surface area contributed by atoms with Crippen molar-refractivity contribution in [2.45, 2.75) is 24.7 Å². The van der Waals surface area contributed by atoms with Gasteiger partial charge in [-0.15, -0.1) is 0 Å². The number of sulfonamides is 1. The highest BCUT2D eigenvalue weighted by Gasteiger charge is 2.38. The Morgan fingerprint density at radius 3 is 2.59 bits per heavy atom. The van der Waals surface area contributed by atoms with Gasteiger partial charge in [-0.25, -0.2) is 13.1 Å². The molecule has 0 radical (unpaired) electrons. The highest BCUT2D eigenvalue weighted by Crippen LogP contribution is 2.44. The molecule has 0 spiro atoms. The number of nitrogens with two attached hydrogens (primary N) is 1. The standard InChI is InChI=1S/C11H17N3O2S/c1-11(6-7-11)8-13-17(15,16)10-5-3-2-4-9(10)14-12/h2-5,13-14H,6-8,12H2,1H3. The van der Waals surface area contributed by atoms with Gasteiger partial charge in [-0.3, -0.25) is 5.84 Å². The van der Waals surface area contributed by atoms with E-state index in [1.165, 1.54) is 6.07 Å². The number of hydrazine groups is 1. The van der Waals surface area contributed by atoms with E-state index in [2.05, 4.69) is 17.1 Å². The molecule has 0 saturated heterocycles. The third-order valence-corrected chi connectivity index (χ3v) is 4.58. The summed E-state index contributed by atoms with van der Waals surface area (Å²) in [6.45, 7) is 2.55. The van der Waals surface area contributed by atoms with Gasteiger partial charge in [-0.05, 0) is 30.4 Å². The maximum Gasteiger partial charge on any atom is 0.242 e. The first-order valence-corrected chi connectivity index (χ1v) is 7.00. The quantitative estimate of drug-likeness (QED) is 0.542. The molecule has 5 nitrogen and oxygen atoms in total. The Labute approximate surface area is 101 Å². The van der Waals surface area contributed by atoms with Crippen LogP contribution in [0.3, 0.4) is 0 Å². The van der Waals surface area contributed by atoms with E-state index in [1.54, 1.807) is 18.2 Å². The summed E-state index contributed by atoms with van der Waals surface area (Å²) in [4.78, 5) is 0.187. The molecule has 1 aliphatic rings.